The second-order valence-electron chi connectivity index (χ2n) is 6.67. The molecule has 0 unspecified atom stereocenters. The fourth-order valence-electron chi connectivity index (χ4n) is 2.86. The molecule has 1 aliphatic heterocycles. The number of piperazine rings is 1. The van der Waals surface area contributed by atoms with Crippen molar-refractivity contribution < 1.29 is 14.0 Å². The third-order valence-electron chi connectivity index (χ3n) is 4.60. The standard InChI is InChI=1S/C19H23ClN4O3/c1-13-16(22-19(27-13)14-3-5-15(20)6-4-14)11-17(25)21-12-18(26)24-9-7-23(2)8-10-24/h3-6H,7-12H2,1-2H3,(H,21,25). The van der Waals surface area contributed by atoms with E-state index < -0.39 is 0 Å². The highest BCUT2D eigenvalue weighted by Gasteiger charge is 2.20. The van der Waals surface area contributed by atoms with E-state index in [1.165, 1.54) is 0 Å². The highest BCUT2D eigenvalue weighted by atomic mass is 35.5. The molecule has 0 saturated carbocycles. The molecule has 2 heterocycles. The average molecular weight is 391 g/mol. The number of benzene rings is 1. The minimum atomic E-state index is -0.253. The van der Waals surface area contributed by atoms with Gasteiger partial charge in [-0.1, -0.05) is 11.6 Å². The minimum Gasteiger partial charge on any atom is -0.441 e. The summed E-state index contributed by atoms with van der Waals surface area (Å²) in [5.74, 6) is 0.715. The van der Waals surface area contributed by atoms with E-state index in [-0.39, 0.29) is 24.8 Å². The Morgan fingerprint density at radius 2 is 1.85 bits per heavy atom. The Labute approximate surface area is 163 Å². The molecular weight excluding hydrogens is 368 g/mol. The van der Waals surface area contributed by atoms with E-state index in [0.717, 1.165) is 18.7 Å². The molecule has 27 heavy (non-hydrogen) atoms. The van der Waals surface area contributed by atoms with Gasteiger partial charge in [0.1, 0.15) is 5.76 Å². The number of nitrogens with zero attached hydrogens (tertiary/aromatic N) is 3. The van der Waals surface area contributed by atoms with Crippen molar-refractivity contribution in [3.05, 3.63) is 40.7 Å². The lowest BCUT2D eigenvalue weighted by atomic mass is 10.2. The number of oxazole rings is 1. The van der Waals surface area contributed by atoms with Crippen LogP contribution in [0.15, 0.2) is 28.7 Å². The zero-order valence-corrected chi connectivity index (χ0v) is 16.3. The molecule has 0 bridgehead atoms. The van der Waals surface area contributed by atoms with Gasteiger partial charge in [0.2, 0.25) is 17.7 Å². The Kier molecular flexibility index (Phi) is 6.13. The molecule has 0 aliphatic carbocycles. The van der Waals surface area contributed by atoms with Crippen LogP contribution >= 0.6 is 11.6 Å². The molecule has 3 rings (SSSR count). The Hall–Kier alpha value is -2.38. The van der Waals surface area contributed by atoms with Crippen LogP contribution in [0.2, 0.25) is 5.02 Å². The zero-order valence-electron chi connectivity index (χ0n) is 15.5. The van der Waals surface area contributed by atoms with E-state index in [4.69, 9.17) is 16.0 Å². The van der Waals surface area contributed by atoms with Gasteiger partial charge in [-0.25, -0.2) is 4.98 Å². The average Bonchev–Trinajstić information content (AvgIpc) is 3.01. The number of hydrogen-bond acceptors (Lipinski definition) is 5. The summed E-state index contributed by atoms with van der Waals surface area (Å²) in [7, 11) is 2.03. The van der Waals surface area contributed by atoms with Gasteiger partial charge >= 0.3 is 0 Å². The smallest absolute Gasteiger partial charge is 0.242 e. The molecule has 1 aromatic carbocycles. The Balaban J connectivity index is 1.53. The van der Waals surface area contributed by atoms with Gasteiger partial charge in [0.05, 0.1) is 18.7 Å². The lowest BCUT2D eigenvalue weighted by Crippen LogP contribution is -2.50. The topological polar surface area (TPSA) is 78.7 Å². The molecule has 2 amide bonds. The van der Waals surface area contributed by atoms with E-state index in [1.54, 1.807) is 24.0 Å². The second kappa shape index (κ2) is 8.54. The Bertz CT molecular complexity index is 811. The van der Waals surface area contributed by atoms with Crippen LogP contribution in [0.5, 0.6) is 0 Å². The van der Waals surface area contributed by atoms with Gasteiger partial charge in [0.25, 0.3) is 0 Å². The predicted octanol–water partition coefficient (Wildman–Crippen LogP) is 1.74. The van der Waals surface area contributed by atoms with E-state index >= 15 is 0 Å². The number of amides is 2. The normalized spacial score (nSPS) is 15.0. The number of carbonyl (C=O) groups is 2. The molecule has 1 saturated heterocycles. The van der Waals surface area contributed by atoms with Crippen molar-refractivity contribution in [2.75, 3.05) is 39.8 Å². The first-order valence-corrected chi connectivity index (χ1v) is 9.25. The lowest BCUT2D eigenvalue weighted by molar-refractivity contribution is -0.134. The van der Waals surface area contributed by atoms with Crippen molar-refractivity contribution >= 4 is 23.4 Å². The van der Waals surface area contributed by atoms with Crippen molar-refractivity contribution in [1.82, 2.24) is 20.1 Å². The van der Waals surface area contributed by atoms with Gasteiger partial charge in [-0.05, 0) is 38.2 Å². The molecule has 1 N–H and O–H groups in total. The van der Waals surface area contributed by atoms with Crippen LogP contribution in [0.3, 0.4) is 0 Å². The SMILES string of the molecule is Cc1oc(-c2ccc(Cl)cc2)nc1CC(=O)NCC(=O)N1CCN(C)CC1. The first-order valence-electron chi connectivity index (χ1n) is 8.87. The van der Waals surface area contributed by atoms with Crippen molar-refractivity contribution in [3.63, 3.8) is 0 Å². The fraction of sp³-hybridized carbons (Fsp3) is 0.421. The Morgan fingerprint density at radius 3 is 2.52 bits per heavy atom. The van der Waals surface area contributed by atoms with E-state index in [1.807, 2.05) is 19.2 Å². The highest BCUT2D eigenvalue weighted by molar-refractivity contribution is 6.30. The summed E-state index contributed by atoms with van der Waals surface area (Å²) in [6.45, 7) is 4.86. The van der Waals surface area contributed by atoms with Gasteiger partial charge in [0, 0.05) is 36.8 Å². The molecule has 1 aromatic heterocycles. The number of nitrogens with one attached hydrogen (secondary N) is 1. The molecule has 144 valence electrons. The maximum Gasteiger partial charge on any atom is 0.242 e. The van der Waals surface area contributed by atoms with Crippen LogP contribution in [0, 0.1) is 6.92 Å². The summed E-state index contributed by atoms with van der Waals surface area (Å²) in [5, 5.41) is 3.31. The van der Waals surface area contributed by atoms with Crippen molar-refractivity contribution in [2.45, 2.75) is 13.3 Å². The summed E-state index contributed by atoms with van der Waals surface area (Å²) in [6, 6.07) is 7.14. The number of carbonyl (C=O) groups excluding carboxylic acids is 2. The molecule has 0 radical (unpaired) electrons. The molecular formula is C19H23ClN4O3. The van der Waals surface area contributed by atoms with Crippen LogP contribution in [0.1, 0.15) is 11.5 Å². The fourth-order valence-corrected chi connectivity index (χ4v) is 2.99. The van der Waals surface area contributed by atoms with Crippen LogP contribution in [0.4, 0.5) is 0 Å². The largest absolute Gasteiger partial charge is 0.441 e. The highest BCUT2D eigenvalue weighted by Crippen LogP contribution is 2.23. The van der Waals surface area contributed by atoms with Crippen molar-refractivity contribution in [1.29, 1.82) is 0 Å². The molecule has 1 fully saturated rings. The molecule has 8 heteroatoms. The monoisotopic (exact) mass is 390 g/mol. The summed E-state index contributed by atoms with van der Waals surface area (Å²) in [5.41, 5.74) is 1.35. The number of likely N-dealkylation sites (N-methyl/N-ethyl adjacent to an activating group) is 1. The van der Waals surface area contributed by atoms with Crippen LogP contribution in [-0.2, 0) is 16.0 Å². The Morgan fingerprint density at radius 1 is 1.19 bits per heavy atom. The molecule has 1 aliphatic rings. The first kappa shape index (κ1) is 19.4. The van der Waals surface area contributed by atoms with Gasteiger partial charge in [-0.3, -0.25) is 9.59 Å². The lowest BCUT2D eigenvalue weighted by Gasteiger charge is -2.32. The van der Waals surface area contributed by atoms with Crippen molar-refractivity contribution in [3.8, 4) is 11.5 Å². The maximum absolute atomic E-state index is 12.2. The number of aromatic nitrogens is 1. The number of halogens is 1. The minimum absolute atomic E-state index is 0.00346. The van der Waals surface area contributed by atoms with Gasteiger partial charge in [-0.15, -0.1) is 0 Å². The summed E-state index contributed by atoms with van der Waals surface area (Å²) < 4.78 is 5.66. The predicted molar refractivity (Wildman–Crippen MR) is 102 cm³/mol. The van der Waals surface area contributed by atoms with Crippen LogP contribution in [-0.4, -0.2) is 66.4 Å². The summed E-state index contributed by atoms with van der Waals surface area (Å²) >= 11 is 5.89. The van der Waals surface area contributed by atoms with Crippen LogP contribution in [0.25, 0.3) is 11.5 Å². The third-order valence-corrected chi connectivity index (χ3v) is 4.86. The number of hydrogen-bond donors (Lipinski definition) is 1. The van der Waals surface area contributed by atoms with Crippen molar-refractivity contribution in [2.24, 2.45) is 0 Å². The quantitative estimate of drug-likeness (QED) is 0.841. The number of aryl methyl sites for hydroxylation is 1. The van der Waals surface area contributed by atoms with Gasteiger partial charge in [-0.2, -0.15) is 0 Å². The maximum atomic E-state index is 12.2. The number of rotatable bonds is 5. The van der Waals surface area contributed by atoms with Crippen LogP contribution < -0.4 is 5.32 Å². The summed E-state index contributed by atoms with van der Waals surface area (Å²) in [4.78, 5) is 32.8. The van der Waals surface area contributed by atoms with Gasteiger partial charge in [0.15, 0.2) is 0 Å². The first-order chi connectivity index (χ1) is 12.9. The van der Waals surface area contributed by atoms with Gasteiger partial charge < -0.3 is 19.5 Å². The molecule has 0 spiro atoms. The molecule has 2 aromatic rings. The summed E-state index contributed by atoms with van der Waals surface area (Å²) in [6.07, 6.45) is 0.0684. The zero-order chi connectivity index (χ0) is 19.4. The third kappa shape index (κ3) is 5.08. The van der Waals surface area contributed by atoms with E-state index in [9.17, 15) is 9.59 Å². The molecule has 7 nitrogen and oxygen atoms in total. The van der Waals surface area contributed by atoms with E-state index in [2.05, 4.69) is 15.2 Å². The molecule has 0 atom stereocenters. The van der Waals surface area contributed by atoms with E-state index in [0.29, 0.717) is 35.5 Å². The second-order valence-corrected chi connectivity index (χ2v) is 7.10.